The van der Waals surface area contributed by atoms with Crippen LogP contribution in [0, 0.1) is 0 Å². The number of rotatable bonds is 7. The fourth-order valence-electron chi connectivity index (χ4n) is 2.09. The fourth-order valence-corrected chi connectivity index (χ4v) is 2.83. The van der Waals surface area contributed by atoms with Crippen molar-refractivity contribution in [2.75, 3.05) is 6.79 Å². The van der Waals surface area contributed by atoms with Crippen molar-refractivity contribution < 1.29 is 50.0 Å². The molecule has 0 aliphatic heterocycles. The number of hydrogen-bond acceptors (Lipinski definition) is 5. The molecule has 0 saturated heterocycles. The molecule has 1 atom stereocenters. The number of hydrogen-bond donors (Lipinski definition) is 1. The van der Waals surface area contributed by atoms with Crippen molar-refractivity contribution in [1.82, 2.24) is 5.32 Å². The number of thiophene rings is 1. The van der Waals surface area contributed by atoms with Crippen molar-refractivity contribution in [2.45, 2.75) is 25.8 Å². The summed E-state index contributed by atoms with van der Waals surface area (Å²) in [4.78, 5) is 24.0. The van der Waals surface area contributed by atoms with E-state index in [0.717, 1.165) is 18.4 Å². The molecule has 8 heteroatoms. The molecule has 0 aliphatic carbocycles. The molecule has 1 amide bonds. The summed E-state index contributed by atoms with van der Waals surface area (Å²) >= 11 is 7.14. The number of benzene rings is 1. The van der Waals surface area contributed by atoms with Crippen LogP contribution in [0.25, 0.3) is 0 Å². The molecule has 1 heterocycles. The Morgan fingerprint density at radius 3 is 2.56 bits per heavy atom. The van der Waals surface area contributed by atoms with Crippen LogP contribution in [0.4, 0.5) is 4.79 Å². The minimum Gasteiger partial charge on any atom is -1.00 e. The van der Waals surface area contributed by atoms with Gasteiger partial charge in [0.25, 0.3) is 0 Å². The molecule has 2 rings (SSSR count). The van der Waals surface area contributed by atoms with Gasteiger partial charge in [0.05, 0.1) is 6.04 Å². The molecule has 0 radical (unpaired) electrons. The molecule has 1 unspecified atom stereocenters. The van der Waals surface area contributed by atoms with E-state index < -0.39 is 18.9 Å². The molecule has 0 aliphatic rings. The molecule has 1 aromatic heterocycles. The second-order valence-electron chi connectivity index (χ2n) is 5.00. The first-order valence-electron chi connectivity index (χ1n) is 7.49. The van der Waals surface area contributed by atoms with Gasteiger partial charge >= 0.3 is 41.6 Å². The first kappa shape index (κ1) is 22.0. The van der Waals surface area contributed by atoms with Gasteiger partial charge in [-0.05, 0) is 35.6 Å². The molecular formula is C17H19ClNNaO4S. The maximum Gasteiger partial charge on any atom is 1.00 e. The second kappa shape index (κ2) is 11.5. The molecule has 0 saturated carbocycles. The van der Waals surface area contributed by atoms with E-state index >= 15 is 0 Å². The number of esters is 1. The summed E-state index contributed by atoms with van der Waals surface area (Å²) in [5, 5.41) is 5.17. The van der Waals surface area contributed by atoms with Gasteiger partial charge in [-0.2, -0.15) is 0 Å². The van der Waals surface area contributed by atoms with Gasteiger partial charge in [0.1, 0.15) is 4.88 Å². The SMILES string of the molecule is CCCC(NC(=O)OCOC(=O)c1cccs1)c1ccc(Cl)cc1.[H-].[Na+]. The summed E-state index contributed by atoms with van der Waals surface area (Å²) in [5.41, 5.74) is 0.939. The van der Waals surface area contributed by atoms with Crippen molar-refractivity contribution in [1.29, 1.82) is 0 Å². The van der Waals surface area contributed by atoms with E-state index in [1.165, 1.54) is 11.3 Å². The minimum absolute atomic E-state index is 0. The largest absolute Gasteiger partial charge is 1.00 e. The number of nitrogens with one attached hydrogen (secondary N) is 1. The minimum atomic E-state index is -0.637. The first-order chi connectivity index (χ1) is 11.6. The van der Waals surface area contributed by atoms with Gasteiger partial charge in [0.2, 0.25) is 6.79 Å². The van der Waals surface area contributed by atoms with Crippen LogP contribution >= 0.6 is 22.9 Å². The third-order valence-electron chi connectivity index (χ3n) is 3.24. The van der Waals surface area contributed by atoms with Crippen molar-refractivity contribution in [2.24, 2.45) is 0 Å². The van der Waals surface area contributed by atoms with Gasteiger partial charge in [-0.3, -0.25) is 0 Å². The van der Waals surface area contributed by atoms with Crippen LogP contribution < -0.4 is 34.9 Å². The average Bonchev–Trinajstić information content (AvgIpc) is 3.10. The van der Waals surface area contributed by atoms with E-state index in [2.05, 4.69) is 5.32 Å². The molecule has 130 valence electrons. The topological polar surface area (TPSA) is 64.6 Å². The van der Waals surface area contributed by atoms with E-state index in [1.807, 2.05) is 19.1 Å². The van der Waals surface area contributed by atoms with E-state index in [0.29, 0.717) is 9.90 Å². The standard InChI is InChI=1S/C17H18ClNO4S.Na.H/c1-2-4-14(12-6-8-13(18)9-7-12)19-17(21)23-11-22-16(20)15-5-3-10-24-15;;/h3,5-10,14H,2,4,11H2,1H3,(H,19,21);;/q;+1;-1. The number of alkyl carbamates (subject to hydrolysis) is 1. The summed E-state index contributed by atoms with van der Waals surface area (Å²) in [6.07, 6.45) is 1.01. The zero-order valence-corrected chi connectivity index (χ0v) is 17.7. The van der Waals surface area contributed by atoms with Crippen LogP contribution in [-0.2, 0) is 9.47 Å². The molecular weight excluding hydrogens is 373 g/mol. The van der Waals surface area contributed by atoms with Crippen molar-refractivity contribution in [3.05, 3.63) is 57.2 Å². The Kier molecular flexibility index (Phi) is 10.2. The average molecular weight is 392 g/mol. The molecule has 25 heavy (non-hydrogen) atoms. The van der Waals surface area contributed by atoms with Gasteiger partial charge in [-0.15, -0.1) is 11.3 Å². The number of carbonyl (C=O) groups is 2. The van der Waals surface area contributed by atoms with Crippen LogP contribution in [0.2, 0.25) is 5.02 Å². The second-order valence-corrected chi connectivity index (χ2v) is 6.38. The van der Waals surface area contributed by atoms with Gasteiger partial charge < -0.3 is 16.2 Å². The Morgan fingerprint density at radius 1 is 1.24 bits per heavy atom. The van der Waals surface area contributed by atoms with E-state index in [-0.39, 0.29) is 37.0 Å². The van der Waals surface area contributed by atoms with E-state index in [4.69, 9.17) is 21.1 Å². The predicted molar refractivity (Wildman–Crippen MR) is 94.4 cm³/mol. The smallest absolute Gasteiger partial charge is 1.00 e. The van der Waals surface area contributed by atoms with Crippen LogP contribution in [0.15, 0.2) is 41.8 Å². The quantitative estimate of drug-likeness (QED) is 0.445. The van der Waals surface area contributed by atoms with E-state index in [1.54, 1.807) is 29.6 Å². The Hall–Kier alpha value is -1.05. The Bertz CT molecular complexity index is 670. The van der Waals surface area contributed by atoms with Crippen molar-refractivity contribution in [3.8, 4) is 0 Å². The molecule has 2 aromatic rings. The van der Waals surface area contributed by atoms with Crippen LogP contribution in [-0.4, -0.2) is 18.9 Å². The molecule has 1 N–H and O–H groups in total. The van der Waals surface area contributed by atoms with Gasteiger partial charge in [-0.1, -0.05) is 43.1 Å². The predicted octanol–water partition coefficient (Wildman–Crippen LogP) is 1.90. The Morgan fingerprint density at radius 2 is 1.96 bits per heavy atom. The zero-order chi connectivity index (χ0) is 17.4. The van der Waals surface area contributed by atoms with Crippen molar-refractivity contribution >= 4 is 35.0 Å². The van der Waals surface area contributed by atoms with Gasteiger partial charge in [-0.25, -0.2) is 9.59 Å². The van der Waals surface area contributed by atoms with E-state index in [9.17, 15) is 9.59 Å². The maximum absolute atomic E-state index is 11.9. The van der Waals surface area contributed by atoms with Crippen LogP contribution in [0.1, 0.15) is 42.5 Å². The summed E-state index contributed by atoms with van der Waals surface area (Å²) in [6, 6.07) is 10.5. The van der Waals surface area contributed by atoms with Crippen LogP contribution in [0.3, 0.4) is 0 Å². The number of carbonyl (C=O) groups excluding carboxylic acids is 2. The Balaban J connectivity index is 0.00000312. The monoisotopic (exact) mass is 391 g/mol. The number of ether oxygens (including phenoxy) is 2. The molecule has 0 fully saturated rings. The summed E-state index contributed by atoms with van der Waals surface area (Å²) in [7, 11) is 0. The van der Waals surface area contributed by atoms with Crippen LogP contribution in [0.5, 0.6) is 0 Å². The summed E-state index contributed by atoms with van der Waals surface area (Å²) in [5.74, 6) is -0.513. The fraction of sp³-hybridized carbons (Fsp3) is 0.294. The molecule has 0 spiro atoms. The zero-order valence-electron chi connectivity index (χ0n) is 15.2. The number of halogens is 1. The number of amides is 1. The molecule has 0 bridgehead atoms. The first-order valence-corrected chi connectivity index (χ1v) is 8.75. The van der Waals surface area contributed by atoms with Gasteiger partial charge in [0, 0.05) is 5.02 Å². The summed E-state index contributed by atoms with van der Waals surface area (Å²) in [6.45, 7) is 1.60. The Labute approximate surface area is 179 Å². The van der Waals surface area contributed by atoms with Crippen molar-refractivity contribution in [3.63, 3.8) is 0 Å². The molecule has 5 nitrogen and oxygen atoms in total. The maximum atomic E-state index is 11.9. The third-order valence-corrected chi connectivity index (χ3v) is 4.35. The normalized spacial score (nSPS) is 11.1. The third kappa shape index (κ3) is 7.38. The molecule has 1 aromatic carbocycles. The summed E-state index contributed by atoms with van der Waals surface area (Å²) < 4.78 is 9.81. The van der Waals surface area contributed by atoms with Gasteiger partial charge in [0.15, 0.2) is 0 Å².